The Kier molecular flexibility index (Phi) is 6.84. The van der Waals surface area contributed by atoms with Gasteiger partial charge in [0.2, 0.25) is 0 Å². The summed E-state index contributed by atoms with van der Waals surface area (Å²) in [6.45, 7) is 2.40. The third kappa shape index (κ3) is 4.21. The van der Waals surface area contributed by atoms with E-state index in [2.05, 4.69) is 0 Å². The number of amides is 1. The lowest BCUT2D eigenvalue weighted by Gasteiger charge is -2.25. The molecule has 0 unspecified atom stereocenters. The fourth-order valence-electron chi connectivity index (χ4n) is 3.46. The van der Waals surface area contributed by atoms with E-state index in [0.29, 0.717) is 17.9 Å². The summed E-state index contributed by atoms with van der Waals surface area (Å²) in [6, 6.07) is 11.2. The summed E-state index contributed by atoms with van der Waals surface area (Å²) in [5.41, 5.74) is 0.254. The number of Topliss-reactive ketones (excluding diaryl/α,β-unsaturated/α-hetero) is 1. The van der Waals surface area contributed by atoms with Crippen molar-refractivity contribution in [2.45, 2.75) is 25.8 Å². The highest BCUT2D eigenvalue weighted by molar-refractivity contribution is 6.46. The summed E-state index contributed by atoms with van der Waals surface area (Å²) in [4.78, 5) is 26.6. The van der Waals surface area contributed by atoms with E-state index < -0.39 is 23.5 Å². The minimum atomic E-state index is -1.08. The molecule has 1 amide bonds. The molecule has 0 radical (unpaired) electrons. The maximum atomic E-state index is 14.6. The van der Waals surface area contributed by atoms with Crippen molar-refractivity contribution in [2.24, 2.45) is 0 Å². The molecule has 6 nitrogen and oxygen atoms in total. The van der Waals surface area contributed by atoms with Gasteiger partial charge in [0, 0.05) is 24.3 Å². The molecule has 0 bridgehead atoms. The van der Waals surface area contributed by atoms with Crippen LogP contribution in [0.2, 0.25) is 0 Å². The van der Waals surface area contributed by atoms with Crippen molar-refractivity contribution >= 4 is 17.4 Å². The van der Waals surface area contributed by atoms with E-state index in [1.807, 2.05) is 6.92 Å². The summed E-state index contributed by atoms with van der Waals surface area (Å²) in [6.07, 6.45) is 1.07. The van der Waals surface area contributed by atoms with Crippen LogP contribution in [0.5, 0.6) is 5.75 Å². The first-order chi connectivity index (χ1) is 14.5. The monoisotopic (exact) mass is 413 g/mol. The van der Waals surface area contributed by atoms with Crippen molar-refractivity contribution in [2.75, 3.05) is 19.8 Å². The number of ether oxygens (including phenoxy) is 1. The number of carbonyl (C=O) groups is 2. The normalized spacial score (nSPS) is 18.1. The van der Waals surface area contributed by atoms with Gasteiger partial charge in [-0.25, -0.2) is 4.39 Å². The number of ketones is 1. The maximum absolute atomic E-state index is 14.6. The molecule has 1 atom stereocenters. The molecule has 158 valence electrons. The molecular formula is C23H24FNO5. The number of nitrogens with zero attached hydrogens (tertiary/aromatic N) is 1. The molecule has 3 rings (SSSR count). The Morgan fingerprint density at radius 2 is 1.83 bits per heavy atom. The van der Waals surface area contributed by atoms with E-state index in [0.717, 1.165) is 6.42 Å². The van der Waals surface area contributed by atoms with E-state index in [4.69, 9.17) is 9.84 Å². The highest BCUT2D eigenvalue weighted by Crippen LogP contribution is 2.40. The summed E-state index contributed by atoms with van der Waals surface area (Å²) < 4.78 is 20.1. The Morgan fingerprint density at radius 3 is 2.47 bits per heavy atom. The molecule has 0 aliphatic carbocycles. The van der Waals surface area contributed by atoms with E-state index >= 15 is 0 Å². The van der Waals surface area contributed by atoms with Crippen LogP contribution in [0.3, 0.4) is 0 Å². The van der Waals surface area contributed by atoms with Crippen molar-refractivity contribution < 1.29 is 28.9 Å². The van der Waals surface area contributed by atoms with E-state index in [1.54, 1.807) is 30.3 Å². The molecular weight excluding hydrogens is 389 g/mol. The lowest BCUT2D eigenvalue weighted by molar-refractivity contribution is -0.140. The van der Waals surface area contributed by atoms with Crippen LogP contribution in [0.1, 0.15) is 36.9 Å². The number of hydrogen-bond donors (Lipinski definition) is 2. The molecule has 2 N–H and O–H groups in total. The van der Waals surface area contributed by atoms with Gasteiger partial charge in [0.1, 0.15) is 17.3 Å². The third-order valence-corrected chi connectivity index (χ3v) is 4.90. The number of aliphatic hydroxyl groups excluding tert-OH is 2. The first-order valence-corrected chi connectivity index (χ1v) is 9.86. The van der Waals surface area contributed by atoms with Crippen molar-refractivity contribution in [1.82, 2.24) is 4.90 Å². The molecule has 1 fully saturated rings. The number of benzene rings is 2. The average Bonchev–Trinajstić information content (AvgIpc) is 3.01. The van der Waals surface area contributed by atoms with Gasteiger partial charge >= 0.3 is 0 Å². The summed E-state index contributed by atoms with van der Waals surface area (Å²) in [7, 11) is 0. The Hall–Kier alpha value is -3.19. The summed E-state index contributed by atoms with van der Waals surface area (Å²) in [5, 5.41) is 20.1. The molecule has 1 heterocycles. The van der Waals surface area contributed by atoms with Crippen molar-refractivity contribution in [1.29, 1.82) is 0 Å². The van der Waals surface area contributed by atoms with Gasteiger partial charge in [0.05, 0.1) is 18.2 Å². The highest BCUT2D eigenvalue weighted by atomic mass is 19.1. The van der Waals surface area contributed by atoms with Gasteiger partial charge in [-0.3, -0.25) is 9.59 Å². The number of aliphatic hydroxyl groups is 2. The highest BCUT2D eigenvalue weighted by Gasteiger charge is 2.46. The van der Waals surface area contributed by atoms with Crippen molar-refractivity contribution in [3.63, 3.8) is 0 Å². The van der Waals surface area contributed by atoms with Gasteiger partial charge in [0.15, 0.2) is 0 Å². The Bertz CT molecular complexity index is 954. The van der Waals surface area contributed by atoms with Gasteiger partial charge in [-0.05, 0) is 43.2 Å². The van der Waals surface area contributed by atoms with Crippen LogP contribution < -0.4 is 4.74 Å². The Labute approximate surface area is 174 Å². The number of halogens is 1. The number of hydrogen-bond acceptors (Lipinski definition) is 5. The predicted molar refractivity (Wildman–Crippen MR) is 109 cm³/mol. The molecule has 7 heteroatoms. The molecule has 1 aliphatic heterocycles. The van der Waals surface area contributed by atoms with E-state index in [1.165, 1.54) is 23.1 Å². The maximum Gasteiger partial charge on any atom is 0.295 e. The van der Waals surface area contributed by atoms with Gasteiger partial charge in [0.25, 0.3) is 11.7 Å². The standard InChI is InChI=1S/C23H24FNO5/c1-2-14-30-16-10-8-15(9-11-16)21(27)19-20(17-6-3-4-7-18(17)24)25(12-5-13-26)23(29)22(19)28/h3-4,6-11,20,26-27H,2,5,12-14H2,1H3/t20-/m1/s1. The molecule has 0 aromatic heterocycles. The van der Waals surface area contributed by atoms with Gasteiger partial charge in [-0.15, -0.1) is 0 Å². The fourth-order valence-corrected chi connectivity index (χ4v) is 3.46. The lowest BCUT2D eigenvalue weighted by atomic mass is 9.95. The van der Waals surface area contributed by atoms with Gasteiger partial charge < -0.3 is 19.8 Å². The van der Waals surface area contributed by atoms with Crippen LogP contribution in [0.25, 0.3) is 5.76 Å². The zero-order valence-electron chi connectivity index (χ0n) is 16.7. The van der Waals surface area contributed by atoms with Crippen molar-refractivity contribution in [3.8, 4) is 5.75 Å². The number of rotatable bonds is 8. The lowest BCUT2D eigenvalue weighted by Crippen LogP contribution is -2.31. The molecule has 1 aliphatic rings. The van der Waals surface area contributed by atoms with Crippen molar-refractivity contribution in [3.05, 3.63) is 71.0 Å². The minimum absolute atomic E-state index is 0.0562. The van der Waals surface area contributed by atoms with E-state index in [9.17, 15) is 19.1 Å². The predicted octanol–water partition coefficient (Wildman–Crippen LogP) is 3.42. The first kappa shape index (κ1) is 21.5. The summed E-state index contributed by atoms with van der Waals surface area (Å²) in [5.74, 6) is -2.07. The molecule has 30 heavy (non-hydrogen) atoms. The topological polar surface area (TPSA) is 87.1 Å². The number of likely N-dealkylation sites (tertiary alicyclic amines) is 1. The zero-order valence-corrected chi connectivity index (χ0v) is 16.7. The quantitative estimate of drug-likeness (QED) is 0.393. The minimum Gasteiger partial charge on any atom is -0.507 e. The average molecular weight is 413 g/mol. The van der Waals surface area contributed by atoms with Crippen LogP contribution in [0.15, 0.2) is 54.1 Å². The first-order valence-electron chi connectivity index (χ1n) is 9.86. The van der Waals surface area contributed by atoms with Crippen LogP contribution in [-0.4, -0.2) is 46.6 Å². The van der Waals surface area contributed by atoms with Crippen LogP contribution in [-0.2, 0) is 9.59 Å². The fraction of sp³-hybridized carbons (Fsp3) is 0.304. The van der Waals surface area contributed by atoms with Crippen LogP contribution >= 0.6 is 0 Å². The SMILES string of the molecule is CCCOc1ccc(C(O)=C2C(=O)C(=O)N(CCCO)[C@@H]2c2ccccc2F)cc1. The second-order valence-electron chi connectivity index (χ2n) is 6.96. The second kappa shape index (κ2) is 9.54. The summed E-state index contributed by atoms with van der Waals surface area (Å²) >= 11 is 0. The van der Waals surface area contributed by atoms with Gasteiger partial charge in [-0.2, -0.15) is 0 Å². The smallest absolute Gasteiger partial charge is 0.295 e. The van der Waals surface area contributed by atoms with Crippen LogP contribution in [0.4, 0.5) is 4.39 Å². The molecule has 1 saturated heterocycles. The largest absolute Gasteiger partial charge is 0.507 e. The number of carbonyl (C=O) groups excluding carboxylic acids is 2. The molecule has 0 spiro atoms. The molecule has 2 aromatic rings. The molecule has 2 aromatic carbocycles. The molecule has 0 saturated carbocycles. The van der Waals surface area contributed by atoms with Gasteiger partial charge in [-0.1, -0.05) is 25.1 Å². The second-order valence-corrected chi connectivity index (χ2v) is 6.96. The zero-order chi connectivity index (χ0) is 21.7. The Morgan fingerprint density at radius 1 is 1.13 bits per heavy atom. The van der Waals surface area contributed by atoms with Crippen LogP contribution in [0, 0.1) is 5.82 Å². The third-order valence-electron chi connectivity index (χ3n) is 4.90. The van der Waals surface area contributed by atoms with E-state index in [-0.39, 0.29) is 36.5 Å². The Balaban J connectivity index is 2.08.